The molecule has 84 valence electrons. The Morgan fingerprint density at radius 3 is 2.50 bits per heavy atom. The quantitative estimate of drug-likeness (QED) is 0.848. The van der Waals surface area contributed by atoms with Crippen LogP contribution in [-0.2, 0) is 6.54 Å². The molecule has 16 heavy (non-hydrogen) atoms. The van der Waals surface area contributed by atoms with E-state index in [4.69, 9.17) is 23.2 Å². The molecule has 0 saturated heterocycles. The molecule has 0 fully saturated rings. The van der Waals surface area contributed by atoms with Gasteiger partial charge in [0.05, 0.1) is 15.7 Å². The summed E-state index contributed by atoms with van der Waals surface area (Å²) in [7, 11) is 0. The molecule has 0 saturated carbocycles. The highest BCUT2D eigenvalue weighted by Gasteiger charge is 2.08. The van der Waals surface area contributed by atoms with Gasteiger partial charge in [0.25, 0.3) is 0 Å². The minimum atomic E-state index is -0.434. The van der Waals surface area contributed by atoms with Crippen LogP contribution in [0.4, 0.5) is 10.1 Å². The van der Waals surface area contributed by atoms with Crippen LogP contribution in [-0.4, -0.2) is 0 Å². The molecule has 0 aliphatic rings. The van der Waals surface area contributed by atoms with E-state index in [1.165, 1.54) is 12.1 Å². The largest absolute Gasteiger partial charge is 0.378 e. The summed E-state index contributed by atoms with van der Waals surface area (Å²) < 4.78 is 12.9. The smallest absolute Gasteiger partial charge is 0.126 e. The molecule has 0 radical (unpaired) electrons. The van der Waals surface area contributed by atoms with Crippen molar-refractivity contribution in [1.29, 1.82) is 0 Å². The monoisotopic (exact) mass is 275 g/mol. The highest BCUT2D eigenvalue weighted by Crippen LogP contribution is 2.31. The maximum atomic E-state index is 12.9. The van der Waals surface area contributed by atoms with Gasteiger partial charge in [0.2, 0.25) is 0 Å². The minimum absolute atomic E-state index is 0.293. The predicted molar refractivity (Wildman–Crippen MR) is 68.1 cm³/mol. The van der Waals surface area contributed by atoms with E-state index >= 15 is 0 Å². The molecular weight excluding hydrogens is 268 g/mol. The van der Waals surface area contributed by atoms with Crippen molar-refractivity contribution in [1.82, 2.24) is 0 Å². The number of benzene rings is 1. The fourth-order valence-corrected chi connectivity index (χ4v) is 2.54. The van der Waals surface area contributed by atoms with E-state index in [9.17, 15) is 4.39 Å². The predicted octanol–water partition coefficient (Wildman–Crippen LogP) is 4.81. The third-order valence-corrected chi connectivity index (χ3v) is 3.50. The molecule has 0 unspecified atom stereocenters. The van der Waals surface area contributed by atoms with E-state index in [2.05, 4.69) is 5.32 Å². The third kappa shape index (κ3) is 2.67. The molecule has 0 spiro atoms. The summed E-state index contributed by atoms with van der Waals surface area (Å²) >= 11 is 13.4. The van der Waals surface area contributed by atoms with Crippen molar-refractivity contribution in [2.24, 2.45) is 0 Å². The molecule has 0 amide bonds. The van der Waals surface area contributed by atoms with Crippen LogP contribution in [0.15, 0.2) is 29.6 Å². The Hall–Kier alpha value is -0.770. The molecule has 2 rings (SSSR count). The normalized spacial score (nSPS) is 10.4. The number of halogens is 3. The van der Waals surface area contributed by atoms with Crippen LogP contribution in [0.3, 0.4) is 0 Å². The molecule has 2 aromatic rings. The summed E-state index contributed by atoms with van der Waals surface area (Å²) in [5.74, 6) is -0.434. The number of nitrogens with one attached hydrogen (secondary N) is 1. The molecule has 1 heterocycles. The topological polar surface area (TPSA) is 12.0 Å². The van der Waals surface area contributed by atoms with Crippen molar-refractivity contribution in [3.8, 4) is 0 Å². The van der Waals surface area contributed by atoms with Gasteiger partial charge in [0.15, 0.2) is 0 Å². The molecule has 5 heteroatoms. The molecule has 0 aliphatic carbocycles. The minimum Gasteiger partial charge on any atom is -0.378 e. The highest BCUT2D eigenvalue weighted by atomic mass is 35.5. The Morgan fingerprint density at radius 2 is 1.94 bits per heavy atom. The van der Waals surface area contributed by atoms with Crippen molar-refractivity contribution in [2.75, 3.05) is 5.32 Å². The first kappa shape index (κ1) is 11.7. The first-order chi connectivity index (χ1) is 7.66. The van der Waals surface area contributed by atoms with Crippen molar-refractivity contribution in [3.05, 3.63) is 50.4 Å². The van der Waals surface area contributed by atoms with E-state index in [1.54, 1.807) is 11.3 Å². The van der Waals surface area contributed by atoms with Gasteiger partial charge in [-0.25, -0.2) is 4.39 Å². The van der Waals surface area contributed by atoms with Gasteiger partial charge < -0.3 is 5.32 Å². The van der Waals surface area contributed by atoms with E-state index in [0.29, 0.717) is 22.3 Å². The van der Waals surface area contributed by atoms with Crippen molar-refractivity contribution >= 4 is 40.2 Å². The summed E-state index contributed by atoms with van der Waals surface area (Å²) in [6, 6.07) is 6.45. The van der Waals surface area contributed by atoms with Gasteiger partial charge in [-0.1, -0.05) is 29.3 Å². The molecule has 1 nitrogen and oxygen atoms in total. The second kappa shape index (κ2) is 5.04. The van der Waals surface area contributed by atoms with Gasteiger partial charge in [0.1, 0.15) is 5.82 Å². The highest BCUT2D eigenvalue weighted by molar-refractivity contribution is 7.09. The van der Waals surface area contributed by atoms with Crippen LogP contribution in [0.1, 0.15) is 4.88 Å². The summed E-state index contributed by atoms with van der Waals surface area (Å²) in [6.45, 7) is 0.628. The summed E-state index contributed by atoms with van der Waals surface area (Å²) in [4.78, 5) is 1.16. The molecule has 1 aromatic heterocycles. The zero-order valence-corrected chi connectivity index (χ0v) is 10.5. The average Bonchev–Trinajstić information content (AvgIpc) is 2.68. The molecule has 0 atom stereocenters. The fraction of sp³-hybridized carbons (Fsp3) is 0.0909. The third-order valence-electron chi connectivity index (χ3n) is 2.03. The Kier molecular flexibility index (Phi) is 3.69. The second-order valence-corrected chi connectivity index (χ2v) is 5.02. The Bertz CT molecular complexity index is 462. The zero-order chi connectivity index (χ0) is 11.5. The van der Waals surface area contributed by atoms with Gasteiger partial charge in [0, 0.05) is 11.4 Å². The maximum absolute atomic E-state index is 12.9. The molecule has 1 N–H and O–H groups in total. The van der Waals surface area contributed by atoms with Crippen LogP contribution in [0.2, 0.25) is 10.0 Å². The lowest BCUT2D eigenvalue weighted by molar-refractivity contribution is 0.628. The lowest BCUT2D eigenvalue weighted by Gasteiger charge is -2.09. The summed E-state index contributed by atoms with van der Waals surface area (Å²) in [5.41, 5.74) is 0.568. The van der Waals surface area contributed by atoms with Crippen LogP contribution in [0.25, 0.3) is 0 Å². The second-order valence-electron chi connectivity index (χ2n) is 3.18. The van der Waals surface area contributed by atoms with Crippen LogP contribution < -0.4 is 5.32 Å². The number of thiophene rings is 1. The van der Waals surface area contributed by atoms with Crippen LogP contribution in [0.5, 0.6) is 0 Å². The number of hydrogen-bond donors (Lipinski definition) is 1. The van der Waals surface area contributed by atoms with Crippen molar-refractivity contribution < 1.29 is 4.39 Å². The van der Waals surface area contributed by atoms with Gasteiger partial charge >= 0.3 is 0 Å². The SMILES string of the molecule is Fc1cc(Cl)c(NCc2cccs2)c(Cl)c1. The van der Waals surface area contributed by atoms with Crippen molar-refractivity contribution in [2.45, 2.75) is 6.54 Å². The van der Waals surface area contributed by atoms with Crippen LogP contribution in [0, 0.1) is 5.82 Å². The number of hydrogen-bond acceptors (Lipinski definition) is 2. The van der Waals surface area contributed by atoms with Gasteiger partial charge in [-0.3, -0.25) is 0 Å². The average molecular weight is 276 g/mol. The number of anilines is 1. The first-order valence-electron chi connectivity index (χ1n) is 4.57. The zero-order valence-electron chi connectivity index (χ0n) is 8.14. The van der Waals surface area contributed by atoms with Crippen LogP contribution >= 0.6 is 34.5 Å². The van der Waals surface area contributed by atoms with Gasteiger partial charge in [-0.05, 0) is 23.6 Å². The molecule has 0 aliphatic heterocycles. The van der Waals surface area contributed by atoms with Gasteiger partial charge in [-0.2, -0.15) is 0 Å². The Labute approximate surface area is 107 Å². The lowest BCUT2D eigenvalue weighted by atomic mass is 10.3. The van der Waals surface area contributed by atoms with Crippen molar-refractivity contribution in [3.63, 3.8) is 0 Å². The molecule has 1 aromatic carbocycles. The van der Waals surface area contributed by atoms with E-state index < -0.39 is 5.82 Å². The summed E-state index contributed by atoms with van der Waals surface area (Å²) in [6.07, 6.45) is 0. The first-order valence-corrected chi connectivity index (χ1v) is 6.21. The fourth-order valence-electron chi connectivity index (χ4n) is 1.30. The van der Waals surface area contributed by atoms with E-state index in [-0.39, 0.29) is 0 Å². The molecule has 0 bridgehead atoms. The van der Waals surface area contributed by atoms with Gasteiger partial charge in [-0.15, -0.1) is 11.3 Å². The number of rotatable bonds is 3. The Balaban J connectivity index is 2.15. The summed E-state index contributed by atoms with van der Waals surface area (Å²) in [5, 5.41) is 5.67. The van der Waals surface area contributed by atoms with E-state index in [1.807, 2.05) is 17.5 Å². The van der Waals surface area contributed by atoms with E-state index in [0.717, 1.165) is 4.88 Å². The Morgan fingerprint density at radius 1 is 1.25 bits per heavy atom. The lowest BCUT2D eigenvalue weighted by Crippen LogP contribution is -1.99. The molecular formula is C11H8Cl2FNS. The maximum Gasteiger partial charge on any atom is 0.126 e. The standard InChI is InChI=1S/C11H8Cl2FNS/c12-9-4-7(14)5-10(13)11(9)15-6-8-2-1-3-16-8/h1-5,15H,6H2.